The van der Waals surface area contributed by atoms with Gasteiger partial charge in [0.05, 0.1) is 6.04 Å². The number of aryl methyl sites for hydroxylation is 1. The molecule has 2 aromatic heterocycles. The van der Waals surface area contributed by atoms with Gasteiger partial charge in [0.25, 0.3) is 0 Å². The monoisotopic (exact) mass is 355 g/mol. The molecule has 1 amide bonds. The van der Waals surface area contributed by atoms with Crippen molar-refractivity contribution in [2.45, 2.75) is 38.6 Å². The van der Waals surface area contributed by atoms with Crippen molar-refractivity contribution in [3.63, 3.8) is 0 Å². The summed E-state index contributed by atoms with van der Waals surface area (Å²) in [5.41, 5.74) is 2.08. The van der Waals surface area contributed by atoms with Crippen molar-refractivity contribution >= 4 is 17.2 Å². The van der Waals surface area contributed by atoms with Crippen LogP contribution in [0, 0.1) is 0 Å². The fourth-order valence-electron chi connectivity index (χ4n) is 2.65. The fraction of sp³-hybridized carbons (Fsp3) is 0.316. The van der Waals surface area contributed by atoms with Gasteiger partial charge in [-0.15, -0.1) is 0 Å². The molecule has 0 aliphatic rings. The van der Waals surface area contributed by atoms with E-state index in [9.17, 15) is 4.79 Å². The van der Waals surface area contributed by atoms with Crippen molar-refractivity contribution in [1.82, 2.24) is 15.5 Å². The minimum atomic E-state index is -0.00223. The Bertz CT molecular complexity index is 784. The fourth-order valence-corrected chi connectivity index (χ4v) is 3.28. The summed E-state index contributed by atoms with van der Waals surface area (Å²) in [5, 5.41) is 11.0. The molecule has 3 rings (SSSR count). The minimum Gasteiger partial charge on any atom is -0.349 e. The molecule has 0 aliphatic heterocycles. The number of nitrogens with zero attached hydrogens (tertiary/aromatic N) is 2. The van der Waals surface area contributed by atoms with E-state index in [1.165, 1.54) is 0 Å². The Morgan fingerprint density at radius 1 is 1.28 bits per heavy atom. The molecule has 25 heavy (non-hydrogen) atoms. The van der Waals surface area contributed by atoms with Gasteiger partial charge in [-0.05, 0) is 23.4 Å². The molecule has 0 radical (unpaired) electrons. The molecule has 0 saturated carbocycles. The van der Waals surface area contributed by atoms with Crippen LogP contribution in [0.15, 0.2) is 51.7 Å². The van der Waals surface area contributed by atoms with Crippen LogP contribution < -0.4 is 5.32 Å². The van der Waals surface area contributed by atoms with E-state index in [2.05, 4.69) is 22.4 Å². The molecule has 0 aliphatic carbocycles. The van der Waals surface area contributed by atoms with Crippen molar-refractivity contribution in [3.8, 4) is 11.4 Å². The number of hydrogen-bond donors (Lipinski definition) is 1. The Morgan fingerprint density at radius 2 is 2.12 bits per heavy atom. The highest BCUT2D eigenvalue weighted by molar-refractivity contribution is 7.08. The summed E-state index contributed by atoms with van der Waals surface area (Å²) < 4.78 is 5.24. The Morgan fingerprint density at radius 3 is 2.84 bits per heavy atom. The van der Waals surface area contributed by atoms with Crippen LogP contribution in [-0.2, 0) is 11.2 Å². The standard InChI is InChI=1S/C19H21N3O2S/c1-2-6-16(14-7-4-3-5-8-14)20-17(23)9-10-18-21-19(22-24-18)15-11-12-25-13-15/h3-5,7-8,11-13,16H,2,6,9-10H2,1H3,(H,20,23). The summed E-state index contributed by atoms with van der Waals surface area (Å²) in [7, 11) is 0. The van der Waals surface area contributed by atoms with Gasteiger partial charge in [0.2, 0.25) is 17.6 Å². The first-order chi connectivity index (χ1) is 12.3. The molecule has 6 heteroatoms. The third-order valence-electron chi connectivity index (χ3n) is 3.93. The van der Waals surface area contributed by atoms with E-state index >= 15 is 0 Å². The van der Waals surface area contributed by atoms with E-state index in [1.54, 1.807) is 11.3 Å². The van der Waals surface area contributed by atoms with Crippen LogP contribution in [0.3, 0.4) is 0 Å². The minimum absolute atomic E-state index is 0.00223. The summed E-state index contributed by atoms with van der Waals surface area (Å²) in [6.45, 7) is 2.12. The molecular formula is C19H21N3O2S. The van der Waals surface area contributed by atoms with Crippen molar-refractivity contribution in [3.05, 3.63) is 58.6 Å². The highest BCUT2D eigenvalue weighted by Crippen LogP contribution is 2.20. The van der Waals surface area contributed by atoms with Crippen LogP contribution in [-0.4, -0.2) is 16.0 Å². The highest BCUT2D eigenvalue weighted by atomic mass is 32.1. The number of amides is 1. The lowest BCUT2D eigenvalue weighted by atomic mass is 10.0. The van der Waals surface area contributed by atoms with Gasteiger partial charge in [-0.3, -0.25) is 4.79 Å². The molecule has 3 aromatic rings. The SMILES string of the molecule is CCCC(NC(=O)CCc1nc(-c2ccsc2)no1)c1ccccc1. The molecule has 0 fully saturated rings. The molecule has 1 unspecified atom stereocenters. The number of nitrogens with one attached hydrogen (secondary N) is 1. The Kier molecular flexibility index (Phi) is 5.95. The van der Waals surface area contributed by atoms with Gasteiger partial charge >= 0.3 is 0 Å². The van der Waals surface area contributed by atoms with Crippen molar-refractivity contribution in [2.75, 3.05) is 0 Å². The first kappa shape index (κ1) is 17.4. The average molecular weight is 355 g/mol. The molecule has 130 valence electrons. The third kappa shape index (κ3) is 4.76. The molecule has 5 nitrogen and oxygen atoms in total. The Balaban J connectivity index is 1.55. The van der Waals surface area contributed by atoms with Crippen molar-refractivity contribution in [2.24, 2.45) is 0 Å². The lowest BCUT2D eigenvalue weighted by Gasteiger charge is -2.18. The van der Waals surface area contributed by atoms with Crippen LogP contribution in [0.1, 0.15) is 43.7 Å². The molecular weight excluding hydrogens is 334 g/mol. The van der Waals surface area contributed by atoms with E-state index in [1.807, 2.05) is 47.2 Å². The maximum absolute atomic E-state index is 12.3. The number of thiophene rings is 1. The van der Waals surface area contributed by atoms with Gasteiger partial charge in [0.15, 0.2) is 0 Å². The largest absolute Gasteiger partial charge is 0.349 e. The maximum atomic E-state index is 12.3. The second kappa shape index (κ2) is 8.58. The number of carbonyl (C=O) groups is 1. The topological polar surface area (TPSA) is 68.0 Å². The number of aromatic nitrogens is 2. The van der Waals surface area contributed by atoms with Gasteiger partial charge in [0.1, 0.15) is 0 Å². The first-order valence-electron chi connectivity index (χ1n) is 8.45. The molecule has 0 spiro atoms. The zero-order valence-corrected chi connectivity index (χ0v) is 15.0. The third-order valence-corrected chi connectivity index (χ3v) is 4.61. The molecule has 1 aromatic carbocycles. The van der Waals surface area contributed by atoms with Crippen LogP contribution in [0.2, 0.25) is 0 Å². The van der Waals surface area contributed by atoms with Crippen LogP contribution in [0.4, 0.5) is 0 Å². The van der Waals surface area contributed by atoms with Crippen molar-refractivity contribution < 1.29 is 9.32 Å². The quantitative estimate of drug-likeness (QED) is 0.651. The normalized spacial score (nSPS) is 12.0. The summed E-state index contributed by atoms with van der Waals surface area (Å²) >= 11 is 1.59. The zero-order chi connectivity index (χ0) is 17.5. The van der Waals surface area contributed by atoms with Gasteiger partial charge in [0, 0.05) is 23.8 Å². The number of rotatable bonds is 8. The van der Waals surface area contributed by atoms with Crippen molar-refractivity contribution in [1.29, 1.82) is 0 Å². The number of hydrogen-bond acceptors (Lipinski definition) is 5. The Hall–Kier alpha value is -2.47. The second-order valence-electron chi connectivity index (χ2n) is 5.84. The van der Waals surface area contributed by atoms with Crippen LogP contribution >= 0.6 is 11.3 Å². The number of carbonyl (C=O) groups excluding carboxylic acids is 1. The average Bonchev–Trinajstić information content (AvgIpc) is 3.32. The molecule has 2 heterocycles. The number of benzene rings is 1. The molecule has 0 bridgehead atoms. The van der Waals surface area contributed by atoms with E-state index in [4.69, 9.17) is 4.52 Å². The van der Waals surface area contributed by atoms with Gasteiger partial charge in [-0.25, -0.2) is 0 Å². The Labute approximate surface area is 151 Å². The summed E-state index contributed by atoms with van der Waals surface area (Å²) in [6.07, 6.45) is 2.70. The predicted molar refractivity (Wildman–Crippen MR) is 98.2 cm³/mol. The predicted octanol–water partition coefficient (Wildman–Crippen LogP) is 4.39. The van der Waals surface area contributed by atoms with Crippen LogP contribution in [0.5, 0.6) is 0 Å². The molecule has 1 N–H and O–H groups in total. The van der Waals surface area contributed by atoms with Gasteiger partial charge in [-0.1, -0.05) is 48.8 Å². The van der Waals surface area contributed by atoms with E-state index < -0.39 is 0 Å². The lowest BCUT2D eigenvalue weighted by Crippen LogP contribution is -2.28. The van der Waals surface area contributed by atoms with E-state index in [0.717, 1.165) is 24.0 Å². The summed E-state index contributed by atoms with van der Waals surface area (Å²) in [6, 6.07) is 12.1. The lowest BCUT2D eigenvalue weighted by molar-refractivity contribution is -0.122. The summed E-state index contributed by atoms with van der Waals surface area (Å²) in [4.78, 5) is 16.7. The first-order valence-corrected chi connectivity index (χ1v) is 9.40. The second-order valence-corrected chi connectivity index (χ2v) is 6.62. The smallest absolute Gasteiger partial charge is 0.227 e. The summed E-state index contributed by atoms with van der Waals surface area (Å²) in [5.74, 6) is 1.06. The van der Waals surface area contributed by atoms with Gasteiger partial charge < -0.3 is 9.84 Å². The molecule has 0 saturated heterocycles. The highest BCUT2D eigenvalue weighted by Gasteiger charge is 2.15. The van der Waals surface area contributed by atoms with E-state index in [-0.39, 0.29) is 11.9 Å². The molecule has 1 atom stereocenters. The van der Waals surface area contributed by atoms with Gasteiger partial charge in [-0.2, -0.15) is 16.3 Å². The van der Waals surface area contributed by atoms with E-state index in [0.29, 0.717) is 24.6 Å². The zero-order valence-electron chi connectivity index (χ0n) is 14.1. The maximum Gasteiger partial charge on any atom is 0.227 e. The van der Waals surface area contributed by atoms with Crippen LogP contribution in [0.25, 0.3) is 11.4 Å².